The lowest BCUT2D eigenvalue weighted by Crippen LogP contribution is -2.03. The number of carbonyl (C=O) groups excluding carboxylic acids is 1. The maximum Gasteiger partial charge on any atom is 0.173 e. The topological polar surface area (TPSA) is 73.4 Å². The number of rotatable bonds is 8. The molecule has 0 aliphatic carbocycles. The van der Waals surface area contributed by atoms with E-state index in [1.54, 1.807) is 32.4 Å². The number of ether oxygens (including phenoxy) is 3. The van der Waals surface area contributed by atoms with Gasteiger partial charge in [0, 0.05) is 11.6 Å². The predicted octanol–water partition coefficient (Wildman–Crippen LogP) is 3.95. The summed E-state index contributed by atoms with van der Waals surface area (Å²) in [5, 5.41) is 0.697. The minimum Gasteiger partial charge on any atom is -0.494 e. The van der Waals surface area contributed by atoms with Gasteiger partial charge in [-0.05, 0) is 37.3 Å². The molecule has 1 N–H and O–H groups in total. The van der Waals surface area contributed by atoms with Crippen molar-refractivity contribution in [3.8, 4) is 17.2 Å². The van der Waals surface area contributed by atoms with Gasteiger partial charge < -0.3 is 19.2 Å². The molecule has 0 saturated heterocycles. The molecule has 0 fully saturated rings. The van der Waals surface area contributed by atoms with Gasteiger partial charge in [-0.3, -0.25) is 4.79 Å². The van der Waals surface area contributed by atoms with Gasteiger partial charge >= 0.3 is 0 Å². The van der Waals surface area contributed by atoms with Gasteiger partial charge in [0.15, 0.2) is 22.4 Å². The number of H-pyrrole nitrogens is 1. The number of thioether (sulfide) groups is 1. The van der Waals surface area contributed by atoms with Crippen LogP contribution in [0.2, 0.25) is 0 Å². The SMILES string of the molecule is CCOc1ccc2nc(SCC(=O)c3ccc(OC)c(OC)c3)[nH]c2c1. The minimum atomic E-state index is -0.00795. The van der Waals surface area contributed by atoms with Crippen LogP contribution in [0.15, 0.2) is 41.6 Å². The van der Waals surface area contributed by atoms with Crippen LogP contribution in [0.3, 0.4) is 0 Å². The van der Waals surface area contributed by atoms with Gasteiger partial charge in [0.05, 0.1) is 37.6 Å². The number of nitrogens with one attached hydrogen (secondary N) is 1. The molecule has 6 nitrogen and oxygen atoms in total. The first kappa shape index (κ1) is 18.1. The maximum absolute atomic E-state index is 12.5. The number of fused-ring (bicyclic) bond motifs is 1. The zero-order chi connectivity index (χ0) is 18.5. The fraction of sp³-hybridized carbons (Fsp3) is 0.263. The Kier molecular flexibility index (Phi) is 5.68. The number of hydrogen-bond donors (Lipinski definition) is 1. The summed E-state index contributed by atoms with van der Waals surface area (Å²) in [7, 11) is 3.11. The third-order valence-corrected chi connectivity index (χ3v) is 4.66. The lowest BCUT2D eigenvalue weighted by Gasteiger charge is -2.08. The van der Waals surface area contributed by atoms with Crippen LogP contribution < -0.4 is 14.2 Å². The Hall–Kier alpha value is -2.67. The first-order valence-electron chi connectivity index (χ1n) is 8.15. The van der Waals surface area contributed by atoms with Gasteiger partial charge in [-0.25, -0.2) is 4.98 Å². The molecule has 1 aromatic heterocycles. The van der Waals surface area contributed by atoms with Gasteiger partial charge in [0.25, 0.3) is 0 Å². The summed E-state index contributed by atoms with van der Waals surface area (Å²) in [6, 6.07) is 10.8. The van der Waals surface area contributed by atoms with E-state index in [2.05, 4.69) is 9.97 Å². The van der Waals surface area contributed by atoms with Crippen molar-refractivity contribution >= 4 is 28.6 Å². The molecular formula is C19H20N2O4S. The molecule has 26 heavy (non-hydrogen) atoms. The fourth-order valence-electron chi connectivity index (χ4n) is 2.52. The van der Waals surface area contributed by atoms with Crippen molar-refractivity contribution in [1.82, 2.24) is 9.97 Å². The number of ketones is 1. The number of methoxy groups -OCH3 is 2. The maximum atomic E-state index is 12.5. The van der Waals surface area contributed by atoms with Crippen molar-refractivity contribution in [2.24, 2.45) is 0 Å². The van der Waals surface area contributed by atoms with E-state index in [0.29, 0.717) is 28.8 Å². The Bertz CT molecular complexity index is 923. The number of aromatic nitrogens is 2. The fourth-order valence-corrected chi connectivity index (χ4v) is 3.30. The van der Waals surface area contributed by atoms with Crippen LogP contribution in [0.25, 0.3) is 11.0 Å². The largest absolute Gasteiger partial charge is 0.494 e. The van der Waals surface area contributed by atoms with Crippen molar-refractivity contribution in [1.29, 1.82) is 0 Å². The normalized spacial score (nSPS) is 10.7. The highest BCUT2D eigenvalue weighted by atomic mass is 32.2. The second-order valence-electron chi connectivity index (χ2n) is 5.44. The Morgan fingerprint density at radius 3 is 2.65 bits per heavy atom. The first-order valence-corrected chi connectivity index (χ1v) is 9.13. The number of hydrogen-bond acceptors (Lipinski definition) is 6. The van der Waals surface area contributed by atoms with E-state index in [1.807, 2.05) is 25.1 Å². The van der Waals surface area contributed by atoms with Crippen molar-refractivity contribution in [3.63, 3.8) is 0 Å². The number of aromatic amines is 1. The molecule has 136 valence electrons. The van der Waals surface area contributed by atoms with Crippen LogP contribution >= 0.6 is 11.8 Å². The van der Waals surface area contributed by atoms with Gasteiger partial charge in [-0.15, -0.1) is 0 Å². The van der Waals surface area contributed by atoms with Gasteiger partial charge in [-0.2, -0.15) is 0 Å². The minimum absolute atomic E-state index is 0.00795. The highest BCUT2D eigenvalue weighted by molar-refractivity contribution is 7.99. The zero-order valence-corrected chi connectivity index (χ0v) is 15.7. The average Bonchev–Trinajstić information content (AvgIpc) is 3.08. The molecule has 0 unspecified atom stereocenters. The standard InChI is InChI=1S/C19H20N2O4S/c1-4-25-13-6-7-14-15(10-13)21-19(20-14)26-11-16(22)12-5-8-17(23-2)18(9-12)24-3/h5-10H,4,11H2,1-3H3,(H,20,21). The van der Waals surface area contributed by atoms with Crippen molar-refractivity contribution in [2.75, 3.05) is 26.6 Å². The van der Waals surface area contributed by atoms with E-state index in [4.69, 9.17) is 14.2 Å². The summed E-state index contributed by atoms with van der Waals surface area (Å²) in [6.07, 6.45) is 0. The molecule has 0 spiro atoms. The highest BCUT2D eigenvalue weighted by Gasteiger charge is 2.13. The Balaban J connectivity index is 1.70. The average molecular weight is 372 g/mol. The summed E-state index contributed by atoms with van der Waals surface area (Å²) in [5.41, 5.74) is 2.30. The highest BCUT2D eigenvalue weighted by Crippen LogP contribution is 2.29. The molecule has 3 rings (SSSR count). The number of imidazole rings is 1. The quantitative estimate of drug-likeness (QED) is 0.477. The summed E-state index contributed by atoms with van der Waals surface area (Å²) >= 11 is 1.36. The number of Topliss-reactive ketones (excluding diaryl/α,β-unsaturated/α-hetero) is 1. The summed E-state index contributed by atoms with van der Waals surface area (Å²) in [6.45, 7) is 2.55. The molecule has 0 amide bonds. The summed E-state index contributed by atoms with van der Waals surface area (Å²) < 4.78 is 15.9. The first-order chi connectivity index (χ1) is 12.6. The lowest BCUT2D eigenvalue weighted by molar-refractivity contribution is 0.102. The third-order valence-electron chi connectivity index (χ3n) is 3.79. The molecular weight excluding hydrogens is 352 g/mol. The molecule has 2 aromatic carbocycles. The van der Waals surface area contributed by atoms with Gasteiger partial charge in [0.1, 0.15) is 5.75 Å². The van der Waals surface area contributed by atoms with E-state index < -0.39 is 0 Å². The van der Waals surface area contributed by atoms with Crippen LogP contribution in [0.1, 0.15) is 17.3 Å². The summed E-state index contributed by atoms with van der Waals surface area (Å²) in [5.74, 6) is 2.19. The van der Waals surface area contributed by atoms with E-state index in [0.717, 1.165) is 16.8 Å². The molecule has 3 aromatic rings. The van der Waals surface area contributed by atoms with Gasteiger partial charge in [-0.1, -0.05) is 11.8 Å². The second kappa shape index (κ2) is 8.14. The van der Waals surface area contributed by atoms with Crippen LogP contribution in [-0.4, -0.2) is 42.3 Å². The van der Waals surface area contributed by atoms with Crippen molar-refractivity contribution in [3.05, 3.63) is 42.0 Å². The smallest absolute Gasteiger partial charge is 0.173 e. The zero-order valence-electron chi connectivity index (χ0n) is 14.9. The molecule has 0 aliphatic rings. The molecule has 0 radical (unpaired) electrons. The number of nitrogens with zero attached hydrogens (tertiary/aromatic N) is 1. The Morgan fingerprint density at radius 1 is 1.12 bits per heavy atom. The predicted molar refractivity (Wildman–Crippen MR) is 102 cm³/mol. The Morgan fingerprint density at radius 2 is 1.92 bits per heavy atom. The molecule has 7 heteroatoms. The van der Waals surface area contributed by atoms with Crippen molar-refractivity contribution in [2.45, 2.75) is 12.1 Å². The number of carbonyl (C=O) groups is 1. The van der Waals surface area contributed by atoms with Crippen LogP contribution in [0, 0.1) is 0 Å². The second-order valence-corrected chi connectivity index (χ2v) is 6.40. The lowest BCUT2D eigenvalue weighted by atomic mass is 10.1. The summed E-state index contributed by atoms with van der Waals surface area (Å²) in [4.78, 5) is 20.2. The Labute approximate surface area is 155 Å². The van der Waals surface area contributed by atoms with E-state index in [-0.39, 0.29) is 11.5 Å². The molecule has 1 heterocycles. The number of benzene rings is 2. The van der Waals surface area contributed by atoms with Crippen LogP contribution in [0.5, 0.6) is 17.2 Å². The van der Waals surface area contributed by atoms with Crippen LogP contribution in [-0.2, 0) is 0 Å². The molecule has 0 bridgehead atoms. The van der Waals surface area contributed by atoms with E-state index >= 15 is 0 Å². The molecule has 0 aliphatic heterocycles. The van der Waals surface area contributed by atoms with Gasteiger partial charge in [0.2, 0.25) is 0 Å². The van der Waals surface area contributed by atoms with E-state index in [9.17, 15) is 4.79 Å². The molecule has 0 saturated carbocycles. The van der Waals surface area contributed by atoms with E-state index in [1.165, 1.54) is 11.8 Å². The van der Waals surface area contributed by atoms with Crippen molar-refractivity contribution < 1.29 is 19.0 Å². The third kappa shape index (κ3) is 3.94. The monoisotopic (exact) mass is 372 g/mol. The molecule has 0 atom stereocenters. The van der Waals surface area contributed by atoms with Crippen LogP contribution in [0.4, 0.5) is 0 Å².